The van der Waals surface area contributed by atoms with Gasteiger partial charge in [0.2, 0.25) is 0 Å². The second-order valence-corrected chi connectivity index (χ2v) is 26.4. The molecule has 4 aliphatic rings. The molecule has 1 heteroatoms. The summed E-state index contributed by atoms with van der Waals surface area (Å²) in [4.78, 5) is 2.55. The Hall–Kier alpha value is -5.66. The summed E-state index contributed by atoms with van der Waals surface area (Å²) in [5.74, 6) is 1.97. The Kier molecular flexibility index (Phi) is 13.7. The van der Waals surface area contributed by atoms with Crippen LogP contribution in [0, 0.1) is 0 Å². The predicted octanol–water partition coefficient (Wildman–Crippen LogP) is 21.2. The summed E-state index contributed by atoms with van der Waals surface area (Å²) < 4.78 is 0. The van der Waals surface area contributed by atoms with Crippen LogP contribution in [-0.4, -0.2) is 0 Å². The first-order chi connectivity index (χ1) is 35.6. The fourth-order valence-corrected chi connectivity index (χ4v) is 14.5. The van der Waals surface area contributed by atoms with Gasteiger partial charge in [-0.3, -0.25) is 0 Å². The van der Waals surface area contributed by atoms with E-state index in [9.17, 15) is 0 Å². The molecular formula is C73H85N. The lowest BCUT2D eigenvalue weighted by Gasteiger charge is -2.37. The van der Waals surface area contributed by atoms with E-state index in [0.717, 1.165) is 0 Å². The van der Waals surface area contributed by atoms with E-state index in [2.05, 4.69) is 219 Å². The monoisotopic (exact) mass is 976 g/mol. The van der Waals surface area contributed by atoms with Crippen LogP contribution in [0.2, 0.25) is 0 Å². The van der Waals surface area contributed by atoms with Gasteiger partial charge in [-0.05, 0) is 187 Å². The summed E-state index contributed by atoms with van der Waals surface area (Å²) >= 11 is 0. The number of nitrogens with zero attached hydrogens (tertiary/aromatic N) is 1. The van der Waals surface area contributed by atoms with Crippen LogP contribution >= 0.6 is 0 Å². The molecular weight excluding hydrogens is 891 g/mol. The third-order valence-electron chi connectivity index (χ3n) is 18.3. The first kappa shape index (κ1) is 50.5. The van der Waals surface area contributed by atoms with Crippen molar-refractivity contribution in [1.29, 1.82) is 0 Å². The minimum atomic E-state index is -0.493. The van der Waals surface area contributed by atoms with Gasteiger partial charge in [0.05, 0.1) is 5.41 Å². The fraction of sp³-hybridized carbons (Fsp3) is 0.425. The highest BCUT2D eigenvalue weighted by molar-refractivity contribution is 5.90. The second-order valence-electron chi connectivity index (χ2n) is 26.4. The van der Waals surface area contributed by atoms with Gasteiger partial charge in [0, 0.05) is 17.1 Å². The summed E-state index contributed by atoms with van der Waals surface area (Å²) in [6.45, 7) is 21.5. The zero-order valence-corrected chi connectivity index (χ0v) is 46.7. The normalized spacial score (nSPS) is 17.7. The molecule has 0 aliphatic heterocycles. The lowest BCUT2D eigenvalue weighted by atomic mass is 9.67. The van der Waals surface area contributed by atoms with Crippen LogP contribution in [0.5, 0.6) is 0 Å². The van der Waals surface area contributed by atoms with Crippen LogP contribution < -0.4 is 4.90 Å². The van der Waals surface area contributed by atoms with E-state index in [0.29, 0.717) is 17.8 Å². The van der Waals surface area contributed by atoms with Crippen LogP contribution in [0.4, 0.5) is 17.1 Å². The first-order valence-corrected chi connectivity index (χ1v) is 29.2. The maximum Gasteiger partial charge on any atom is 0.0714 e. The zero-order valence-electron chi connectivity index (χ0n) is 46.7. The standard InChI is InChI=1S/C73H85N/c1-70(2,3)67-47-57(48-68(71(4,5)6)69(67)72(7,8)9)56-35-43-61(44-36-56)74(60-41-33-55(34-42-60)52-25-17-12-18-26-52)62-45-46-64-63-27-19-20-28-65(63)73(66(64)49-62,58-37-29-53(30-38-58)50-21-13-10-14-22-50)59-39-31-54(32-40-59)51-23-15-11-16-24-51/h19-20,27-52H,10-18,21-26H2,1-9H3. The molecule has 0 radical (unpaired) electrons. The van der Waals surface area contributed by atoms with Crippen molar-refractivity contribution < 1.29 is 0 Å². The summed E-state index contributed by atoms with van der Waals surface area (Å²) in [7, 11) is 0. The number of rotatable bonds is 9. The number of anilines is 3. The second kappa shape index (κ2) is 20.1. The highest BCUT2D eigenvalue weighted by Gasteiger charge is 2.47. The summed E-state index contributed by atoms with van der Waals surface area (Å²) in [5, 5.41) is 0. The van der Waals surface area contributed by atoms with Gasteiger partial charge in [-0.2, -0.15) is 0 Å². The van der Waals surface area contributed by atoms with E-state index in [-0.39, 0.29) is 16.2 Å². The maximum absolute atomic E-state index is 2.58. The van der Waals surface area contributed by atoms with Crippen molar-refractivity contribution in [1.82, 2.24) is 0 Å². The Morgan fingerprint density at radius 1 is 0.351 bits per heavy atom. The van der Waals surface area contributed by atoms with E-state index in [1.807, 2.05) is 0 Å². The largest absolute Gasteiger partial charge is 0.310 e. The topological polar surface area (TPSA) is 3.24 Å². The minimum absolute atomic E-state index is 0.00352. The Morgan fingerprint density at radius 3 is 1.18 bits per heavy atom. The molecule has 1 nitrogen and oxygen atoms in total. The zero-order chi connectivity index (χ0) is 51.4. The molecule has 7 aromatic rings. The molecule has 0 spiro atoms. The van der Waals surface area contributed by atoms with Crippen LogP contribution in [0.1, 0.15) is 232 Å². The van der Waals surface area contributed by atoms with Gasteiger partial charge in [-0.15, -0.1) is 0 Å². The van der Waals surface area contributed by atoms with Gasteiger partial charge in [0.1, 0.15) is 0 Å². The molecule has 0 heterocycles. The molecule has 0 unspecified atom stereocenters. The molecule has 4 aliphatic carbocycles. The van der Waals surface area contributed by atoms with Crippen LogP contribution in [0.25, 0.3) is 22.3 Å². The molecule has 0 bridgehead atoms. The molecule has 0 amide bonds. The fourth-order valence-electron chi connectivity index (χ4n) is 14.5. The van der Waals surface area contributed by atoms with Crippen molar-refractivity contribution >= 4 is 17.1 Å². The van der Waals surface area contributed by atoms with Crippen LogP contribution in [0.3, 0.4) is 0 Å². The Balaban J connectivity index is 1.08. The average molecular weight is 976 g/mol. The molecule has 382 valence electrons. The Bertz CT molecular complexity index is 2960. The molecule has 0 N–H and O–H groups in total. The van der Waals surface area contributed by atoms with Crippen LogP contribution in [0.15, 0.2) is 152 Å². The number of fused-ring (bicyclic) bond motifs is 3. The SMILES string of the molecule is CC(C)(C)c1cc(-c2ccc(N(c3ccc(C4CCCCC4)cc3)c3ccc4c(c3)C(c3ccc(C5CCCCC5)cc3)(c3ccc(C5CCCCC5)cc3)c3ccccc3-4)cc2)cc(C(C)(C)C)c1C(C)(C)C. The lowest BCUT2D eigenvalue weighted by molar-refractivity contribution is 0.443. The van der Waals surface area contributed by atoms with Gasteiger partial charge < -0.3 is 4.90 Å². The summed E-state index contributed by atoms with van der Waals surface area (Å²) in [6.07, 6.45) is 20.0. The molecule has 0 aromatic heterocycles. The maximum atomic E-state index is 2.58. The Morgan fingerprint density at radius 2 is 0.743 bits per heavy atom. The smallest absolute Gasteiger partial charge is 0.0714 e. The van der Waals surface area contributed by atoms with Crippen molar-refractivity contribution in [2.75, 3.05) is 4.90 Å². The first-order valence-electron chi connectivity index (χ1n) is 29.2. The van der Waals surface area contributed by atoms with Gasteiger partial charge in [-0.1, -0.05) is 235 Å². The number of benzene rings is 7. The van der Waals surface area contributed by atoms with E-state index >= 15 is 0 Å². The van der Waals surface area contributed by atoms with Crippen molar-refractivity contribution in [3.8, 4) is 22.3 Å². The quantitative estimate of drug-likeness (QED) is 0.139. The lowest BCUT2D eigenvalue weighted by Crippen LogP contribution is -2.29. The third kappa shape index (κ3) is 9.54. The Labute approximate surface area is 447 Å². The molecule has 11 rings (SSSR count). The van der Waals surface area contributed by atoms with Gasteiger partial charge in [-0.25, -0.2) is 0 Å². The van der Waals surface area contributed by atoms with Crippen molar-refractivity contribution in [2.45, 2.75) is 198 Å². The summed E-state index contributed by atoms with van der Waals surface area (Å²) in [6, 6.07) is 61.1. The van der Waals surface area contributed by atoms with Gasteiger partial charge >= 0.3 is 0 Å². The van der Waals surface area contributed by atoms with E-state index in [1.165, 1.54) is 191 Å². The van der Waals surface area contributed by atoms with Crippen molar-refractivity contribution in [3.63, 3.8) is 0 Å². The predicted molar refractivity (Wildman–Crippen MR) is 317 cm³/mol. The van der Waals surface area contributed by atoms with E-state index in [1.54, 1.807) is 0 Å². The number of hydrogen-bond acceptors (Lipinski definition) is 1. The molecule has 0 atom stereocenters. The highest BCUT2D eigenvalue weighted by atomic mass is 15.1. The highest BCUT2D eigenvalue weighted by Crippen LogP contribution is 2.58. The van der Waals surface area contributed by atoms with E-state index in [4.69, 9.17) is 0 Å². The summed E-state index contributed by atoms with van der Waals surface area (Å²) in [5.41, 5.74) is 22.7. The van der Waals surface area contributed by atoms with Crippen molar-refractivity contribution in [2.24, 2.45) is 0 Å². The number of hydrogen-bond donors (Lipinski definition) is 0. The molecule has 7 aromatic carbocycles. The van der Waals surface area contributed by atoms with E-state index < -0.39 is 5.41 Å². The minimum Gasteiger partial charge on any atom is -0.310 e. The molecule has 3 saturated carbocycles. The molecule has 74 heavy (non-hydrogen) atoms. The van der Waals surface area contributed by atoms with Gasteiger partial charge in [0.15, 0.2) is 0 Å². The molecule has 3 fully saturated rings. The van der Waals surface area contributed by atoms with Gasteiger partial charge in [0.25, 0.3) is 0 Å². The molecule has 0 saturated heterocycles. The van der Waals surface area contributed by atoms with Crippen LogP contribution in [-0.2, 0) is 21.7 Å². The third-order valence-corrected chi connectivity index (χ3v) is 18.3. The van der Waals surface area contributed by atoms with Crippen molar-refractivity contribution in [3.05, 3.63) is 207 Å². The average Bonchev–Trinajstić information content (AvgIpc) is 3.71.